The summed E-state index contributed by atoms with van der Waals surface area (Å²) in [5.74, 6) is 6.43. The Morgan fingerprint density at radius 3 is 2.62 bits per heavy atom. The zero-order chi connectivity index (χ0) is 12.0. The van der Waals surface area contributed by atoms with Gasteiger partial charge in [0.1, 0.15) is 0 Å². The minimum atomic E-state index is -0.331. The molecule has 1 aliphatic rings. The highest BCUT2D eigenvalue weighted by Gasteiger charge is 2.39. The van der Waals surface area contributed by atoms with E-state index in [9.17, 15) is 4.79 Å². The van der Waals surface area contributed by atoms with Crippen LogP contribution in [-0.4, -0.2) is 19.0 Å². The molecule has 0 atom stereocenters. The molecule has 3 nitrogen and oxygen atoms in total. The Kier molecular flexibility index (Phi) is 4.82. The molecule has 0 saturated heterocycles. The number of amides is 1. The maximum absolute atomic E-state index is 12.1. The van der Waals surface area contributed by atoms with Crippen LogP contribution in [0.25, 0.3) is 0 Å². The van der Waals surface area contributed by atoms with E-state index < -0.39 is 0 Å². The summed E-state index contributed by atoms with van der Waals surface area (Å²) in [6, 6.07) is 0. The lowest BCUT2D eigenvalue weighted by atomic mass is 9.70. The van der Waals surface area contributed by atoms with Crippen molar-refractivity contribution in [3.8, 4) is 11.8 Å². The van der Waals surface area contributed by atoms with Crippen molar-refractivity contribution in [2.45, 2.75) is 39.5 Å². The number of rotatable bonds is 3. The van der Waals surface area contributed by atoms with E-state index in [1.807, 2.05) is 0 Å². The fourth-order valence-corrected chi connectivity index (χ4v) is 2.24. The molecular formula is C13H22N2O. The molecule has 0 aromatic carbocycles. The van der Waals surface area contributed by atoms with Crippen molar-refractivity contribution in [3.63, 3.8) is 0 Å². The molecule has 16 heavy (non-hydrogen) atoms. The van der Waals surface area contributed by atoms with Gasteiger partial charge >= 0.3 is 0 Å². The summed E-state index contributed by atoms with van der Waals surface area (Å²) in [5.41, 5.74) is 5.46. The Balaban J connectivity index is 2.57. The van der Waals surface area contributed by atoms with Gasteiger partial charge in [0.05, 0.1) is 12.0 Å². The minimum absolute atomic E-state index is 0.0876. The third-order valence-electron chi connectivity index (χ3n) is 3.62. The molecule has 0 aromatic rings. The van der Waals surface area contributed by atoms with Gasteiger partial charge in [0.25, 0.3) is 0 Å². The van der Waals surface area contributed by atoms with E-state index in [0.29, 0.717) is 13.1 Å². The number of carbonyl (C=O) groups excluding carboxylic acids is 1. The summed E-state index contributed by atoms with van der Waals surface area (Å²) in [5, 5.41) is 2.87. The monoisotopic (exact) mass is 222 g/mol. The first kappa shape index (κ1) is 13.1. The first-order valence-electron chi connectivity index (χ1n) is 6.02. The molecule has 0 heterocycles. The van der Waals surface area contributed by atoms with Gasteiger partial charge < -0.3 is 11.1 Å². The van der Waals surface area contributed by atoms with Crippen molar-refractivity contribution in [1.82, 2.24) is 5.32 Å². The molecule has 90 valence electrons. The Hall–Kier alpha value is -1.01. The van der Waals surface area contributed by atoms with Crippen LogP contribution in [0.15, 0.2) is 0 Å². The summed E-state index contributed by atoms with van der Waals surface area (Å²) >= 11 is 0. The molecule has 1 rings (SSSR count). The van der Waals surface area contributed by atoms with Gasteiger partial charge in [-0.25, -0.2) is 0 Å². The maximum Gasteiger partial charge on any atom is 0.228 e. The molecule has 3 heteroatoms. The van der Waals surface area contributed by atoms with E-state index in [1.165, 1.54) is 0 Å². The van der Waals surface area contributed by atoms with E-state index in [-0.39, 0.29) is 11.3 Å². The molecule has 0 radical (unpaired) electrons. The van der Waals surface area contributed by atoms with Gasteiger partial charge in [0.15, 0.2) is 0 Å². The summed E-state index contributed by atoms with van der Waals surface area (Å²) < 4.78 is 0. The first-order valence-corrected chi connectivity index (χ1v) is 6.02. The second-order valence-electron chi connectivity index (χ2n) is 4.78. The predicted octanol–water partition coefficient (Wildman–Crippen LogP) is 1.28. The van der Waals surface area contributed by atoms with Gasteiger partial charge in [-0.15, -0.1) is 5.92 Å². The van der Waals surface area contributed by atoms with Crippen LogP contribution in [0.3, 0.4) is 0 Å². The third-order valence-corrected chi connectivity index (χ3v) is 3.62. The van der Waals surface area contributed by atoms with Crippen LogP contribution < -0.4 is 11.1 Å². The SMILES string of the molecule is CC#CCNC(=O)C1(CN)CCC(C)CC1. The Labute approximate surface area is 98.2 Å². The summed E-state index contributed by atoms with van der Waals surface area (Å²) in [6.45, 7) is 4.89. The molecule has 0 bridgehead atoms. The van der Waals surface area contributed by atoms with Crippen LogP contribution in [0.1, 0.15) is 39.5 Å². The second-order valence-corrected chi connectivity index (χ2v) is 4.78. The van der Waals surface area contributed by atoms with E-state index in [0.717, 1.165) is 31.6 Å². The summed E-state index contributed by atoms with van der Waals surface area (Å²) in [7, 11) is 0. The highest BCUT2D eigenvalue weighted by atomic mass is 16.2. The van der Waals surface area contributed by atoms with E-state index in [1.54, 1.807) is 6.92 Å². The Bertz CT molecular complexity index is 293. The lowest BCUT2D eigenvalue weighted by molar-refractivity contribution is -0.132. The van der Waals surface area contributed by atoms with Crippen molar-refractivity contribution in [2.24, 2.45) is 17.1 Å². The van der Waals surface area contributed by atoms with E-state index in [4.69, 9.17) is 5.73 Å². The zero-order valence-electron chi connectivity index (χ0n) is 10.3. The van der Waals surface area contributed by atoms with Crippen molar-refractivity contribution in [3.05, 3.63) is 0 Å². The zero-order valence-corrected chi connectivity index (χ0v) is 10.3. The third kappa shape index (κ3) is 2.99. The second kappa shape index (κ2) is 5.91. The van der Waals surface area contributed by atoms with Crippen LogP contribution >= 0.6 is 0 Å². The number of carbonyl (C=O) groups is 1. The average molecular weight is 222 g/mol. The van der Waals surface area contributed by atoms with Gasteiger partial charge in [-0.1, -0.05) is 12.8 Å². The maximum atomic E-state index is 12.1. The molecule has 1 aliphatic carbocycles. The topological polar surface area (TPSA) is 55.1 Å². The summed E-state index contributed by atoms with van der Waals surface area (Å²) in [6.07, 6.45) is 4.03. The van der Waals surface area contributed by atoms with Crippen molar-refractivity contribution in [2.75, 3.05) is 13.1 Å². The summed E-state index contributed by atoms with van der Waals surface area (Å²) in [4.78, 5) is 12.1. The number of nitrogens with two attached hydrogens (primary N) is 1. The highest BCUT2D eigenvalue weighted by molar-refractivity contribution is 5.83. The minimum Gasteiger partial charge on any atom is -0.345 e. The lowest BCUT2D eigenvalue weighted by Crippen LogP contribution is -2.48. The van der Waals surface area contributed by atoms with Crippen LogP contribution in [-0.2, 0) is 4.79 Å². The van der Waals surface area contributed by atoms with Crippen LogP contribution in [0.5, 0.6) is 0 Å². The molecule has 0 aromatic heterocycles. The quantitative estimate of drug-likeness (QED) is 0.707. The largest absolute Gasteiger partial charge is 0.345 e. The molecule has 0 spiro atoms. The molecular weight excluding hydrogens is 200 g/mol. The molecule has 3 N–H and O–H groups in total. The van der Waals surface area contributed by atoms with Crippen molar-refractivity contribution >= 4 is 5.91 Å². The Morgan fingerprint density at radius 2 is 2.12 bits per heavy atom. The number of hydrogen-bond acceptors (Lipinski definition) is 2. The number of nitrogens with one attached hydrogen (secondary N) is 1. The molecule has 1 amide bonds. The first-order chi connectivity index (χ1) is 7.64. The van der Waals surface area contributed by atoms with Gasteiger partial charge in [0.2, 0.25) is 5.91 Å². The fraction of sp³-hybridized carbons (Fsp3) is 0.769. The van der Waals surface area contributed by atoms with Crippen molar-refractivity contribution in [1.29, 1.82) is 0 Å². The molecule has 0 aliphatic heterocycles. The van der Waals surface area contributed by atoms with Crippen molar-refractivity contribution < 1.29 is 4.79 Å². The molecule has 1 saturated carbocycles. The van der Waals surface area contributed by atoms with Gasteiger partial charge in [-0.2, -0.15) is 0 Å². The van der Waals surface area contributed by atoms with E-state index in [2.05, 4.69) is 24.1 Å². The fourth-order valence-electron chi connectivity index (χ4n) is 2.24. The normalized spacial score (nSPS) is 29.1. The predicted molar refractivity (Wildman–Crippen MR) is 65.6 cm³/mol. The smallest absolute Gasteiger partial charge is 0.228 e. The highest BCUT2D eigenvalue weighted by Crippen LogP contribution is 2.38. The molecule has 1 fully saturated rings. The van der Waals surface area contributed by atoms with E-state index >= 15 is 0 Å². The standard InChI is InChI=1S/C13H22N2O/c1-3-4-9-15-12(16)13(10-14)7-5-11(2)6-8-13/h11H,5-10,14H2,1-2H3,(H,15,16). The lowest BCUT2D eigenvalue weighted by Gasteiger charge is -2.36. The van der Waals surface area contributed by atoms with Gasteiger partial charge in [0, 0.05) is 6.54 Å². The molecule has 0 unspecified atom stereocenters. The van der Waals surface area contributed by atoms with Crippen LogP contribution in [0.2, 0.25) is 0 Å². The van der Waals surface area contributed by atoms with Crippen LogP contribution in [0.4, 0.5) is 0 Å². The van der Waals surface area contributed by atoms with Gasteiger partial charge in [-0.3, -0.25) is 4.79 Å². The Morgan fingerprint density at radius 1 is 1.50 bits per heavy atom. The number of hydrogen-bond donors (Lipinski definition) is 2. The average Bonchev–Trinajstić information content (AvgIpc) is 2.31. The van der Waals surface area contributed by atoms with Crippen LogP contribution in [0, 0.1) is 23.2 Å². The van der Waals surface area contributed by atoms with Gasteiger partial charge in [-0.05, 0) is 38.5 Å².